The molecule has 3 N–H and O–H groups in total. The van der Waals surface area contributed by atoms with Gasteiger partial charge in [0, 0.05) is 61.0 Å². The molecule has 1 aromatic heterocycles. The molecule has 0 aliphatic carbocycles. The number of carbonyl (C=O) groups excluding carboxylic acids is 1. The molecule has 9 nitrogen and oxygen atoms in total. The number of amides is 1. The van der Waals surface area contributed by atoms with Crippen LogP contribution in [0.4, 0.5) is 11.5 Å². The van der Waals surface area contributed by atoms with Crippen LogP contribution in [-0.4, -0.2) is 70.1 Å². The van der Waals surface area contributed by atoms with Gasteiger partial charge in [-0.15, -0.1) is 0 Å². The van der Waals surface area contributed by atoms with Crippen LogP contribution in [0.15, 0.2) is 48.6 Å². The number of hydrogen-bond donors (Lipinski definition) is 3. The third-order valence-electron chi connectivity index (χ3n) is 5.99. The Morgan fingerprint density at radius 2 is 1.78 bits per heavy atom. The Morgan fingerprint density at radius 3 is 2.47 bits per heavy atom. The van der Waals surface area contributed by atoms with Gasteiger partial charge in [0.05, 0.1) is 11.1 Å². The molecule has 5 rings (SSSR count). The summed E-state index contributed by atoms with van der Waals surface area (Å²) in [4.78, 5) is 35.6. The molecule has 36 heavy (non-hydrogen) atoms. The lowest BCUT2D eigenvalue weighted by molar-refractivity contribution is -0.134. The van der Waals surface area contributed by atoms with Crippen LogP contribution >= 0.6 is 23.1 Å². The number of hydrogen-bond acceptors (Lipinski definition) is 7. The predicted molar refractivity (Wildman–Crippen MR) is 140 cm³/mol. The van der Waals surface area contributed by atoms with E-state index in [1.54, 1.807) is 11.5 Å². The molecule has 0 spiro atoms. The van der Waals surface area contributed by atoms with Crippen LogP contribution in [0.2, 0.25) is 5.02 Å². The van der Waals surface area contributed by atoms with Gasteiger partial charge in [0.1, 0.15) is 5.82 Å². The fourth-order valence-corrected chi connectivity index (χ4v) is 5.25. The monoisotopic (exact) mass is 528 g/mol. The molecule has 1 saturated heterocycles. The molecule has 2 aliphatic rings. The first-order chi connectivity index (χ1) is 17.3. The number of halogens is 1. The van der Waals surface area contributed by atoms with Crippen LogP contribution < -0.4 is 10.2 Å². The zero-order valence-corrected chi connectivity index (χ0v) is 20.9. The fraction of sp³-hybridized carbons (Fsp3) is 0.280. The molecule has 0 saturated carbocycles. The van der Waals surface area contributed by atoms with E-state index in [0.29, 0.717) is 18.6 Å². The summed E-state index contributed by atoms with van der Waals surface area (Å²) < 4.78 is 5.94. The Kier molecular flexibility index (Phi) is 8.19. The van der Waals surface area contributed by atoms with Crippen molar-refractivity contribution >= 4 is 62.6 Å². The number of piperazine rings is 1. The number of fused-ring (bicyclic) bond motifs is 2. The average molecular weight is 529 g/mol. The van der Waals surface area contributed by atoms with Crippen molar-refractivity contribution in [1.29, 1.82) is 0 Å². The first-order valence-electron chi connectivity index (χ1n) is 11.4. The zero-order valence-electron chi connectivity index (χ0n) is 19.3. The molecule has 0 bridgehead atoms. The molecule has 1 amide bonds. The van der Waals surface area contributed by atoms with Crippen LogP contribution in [0.5, 0.6) is 0 Å². The second-order valence-electron chi connectivity index (χ2n) is 8.42. The number of carboxylic acids is 2. The number of aromatic nitrogens is 1. The summed E-state index contributed by atoms with van der Waals surface area (Å²) >= 11 is 8.01. The summed E-state index contributed by atoms with van der Waals surface area (Å²) in [6, 6.07) is 12.4. The van der Waals surface area contributed by atoms with Gasteiger partial charge in [-0.3, -0.25) is 9.69 Å². The number of aliphatic carboxylic acids is 2. The van der Waals surface area contributed by atoms with Gasteiger partial charge >= 0.3 is 11.9 Å². The van der Waals surface area contributed by atoms with E-state index in [0.717, 1.165) is 66.8 Å². The maximum atomic E-state index is 11.6. The van der Waals surface area contributed by atoms with Gasteiger partial charge in [-0.1, -0.05) is 29.8 Å². The van der Waals surface area contributed by atoms with Gasteiger partial charge in [0.25, 0.3) is 0 Å². The maximum absolute atomic E-state index is 11.6. The Bertz CT molecular complexity index is 1300. The fourth-order valence-electron chi connectivity index (χ4n) is 4.20. The Hall–Kier alpha value is -3.47. The Morgan fingerprint density at radius 1 is 1.08 bits per heavy atom. The number of nitrogens with one attached hydrogen (secondary N) is 1. The van der Waals surface area contributed by atoms with E-state index < -0.39 is 11.9 Å². The van der Waals surface area contributed by atoms with E-state index in [1.165, 1.54) is 10.1 Å². The first kappa shape index (κ1) is 25.6. The molecular weight excluding hydrogens is 504 g/mol. The lowest BCUT2D eigenvalue weighted by atomic mass is 10.1. The number of carbonyl (C=O) groups is 3. The summed E-state index contributed by atoms with van der Waals surface area (Å²) in [5.41, 5.74) is 3.05. The number of anilines is 2. The number of rotatable bonds is 6. The van der Waals surface area contributed by atoms with E-state index in [9.17, 15) is 14.4 Å². The molecule has 2 aromatic carbocycles. The first-order valence-corrected chi connectivity index (χ1v) is 12.5. The smallest absolute Gasteiger partial charge is 0.328 e. The minimum absolute atomic E-state index is 0.0499. The van der Waals surface area contributed by atoms with E-state index in [-0.39, 0.29) is 5.91 Å². The molecule has 11 heteroatoms. The summed E-state index contributed by atoms with van der Waals surface area (Å²) in [7, 11) is 0. The molecule has 0 atom stereocenters. The summed E-state index contributed by atoms with van der Waals surface area (Å²) in [5.74, 6) is -1.34. The van der Waals surface area contributed by atoms with Crippen molar-refractivity contribution in [1.82, 2.24) is 9.27 Å². The molecule has 3 heterocycles. The largest absolute Gasteiger partial charge is 0.478 e. The third-order valence-corrected chi connectivity index (χ3v) is 7.16. The van der Waals surface area contributed by atoms with Gasteiger partial charge in [-0.2, -0.15) is 4.37 Å². The van der Waals surface area contributed by atoms with Gasteiger partial charge in [0.15, 0.2) is 0 Å². The highest BCUT2D eigenvalue weighted by molar-refractivity contribution is 7.13. The van der Waals surface area contributed by atoms with E-state index in [4.69, 9.17) is 21.8 Å². The highest BCUT2D eigenvalue weighted by Gasteiger charge is 2.22. The number of nitrogens with zero attached hydrogens (tertiary/aromatic N) is 3. The summed E-state index contributed by atoms with van der Waals surface area (Å²) in [6.45, 7) is 5.00. The topological polar surface area (TPSA) is 123 Å². The van der Waals surface area contributed by atoms with Crippen LogP contribution in [-0.2, 0) is 27.2 Å². The van der Waals surface area contributed by atoms with Crippen molar-refractivity contribution < 1.29 is 24.6 Å². The van der Waals surface area contributed by atoms with Crippen molar-refractivity contribution in [3.05, 3.63) is 64.7 Å². The SMILES string of the molecule is O=C(O)/C=C\C(=O)O.O=C1Cc2cc(CCN3CCN(c4nsc5ccccc45)CC3)c(Cl)cc2N1. The molecular formula is C25H25ClN4O5S. The van der Waals surface area contributed by atoms with E-state index >= 15 is 0 Å². The Balaban J connectivity index is 0.000000331. The molecule has 2 aliphatic heterocycles. The zero-order chi connectivity index (χ0) is 25.7. The summed E-state index contributed by atoms with van der Waals surface area (Å²) in [6.07, 6.45) is 2.48. The molecule has 1 fully saturated rings. The highest BCUT2D eigenvalue weighted by Crippen LogP contribution is 2.31. The Labute approximate surface area is 216 Å². The average Bonchev–Trinajstić information content (AvgIpc) is 3.44. The van der Waals surface area contributed by atoms with E-state index in [2.05, 4.69) is 49.8 Å². The lowest BCUT2D eigenvalue weighted by Gasteiger charge is -2.35. The van der Waals surface area contributed by atoms with Crippen LogP contribution in [0.3, 0.4) is 0 Å². The van der Waals surface area contributed by atoms with Crippen LogP contribution in [0, 0.1) is 0 Å². The molecule has 3 aromatic rings. The number of benzene rings is 2. The molecule has 0 unspecified atom stereocenters. The van der Waals surface area contributed by atoms with Gasteiger partial charge in [0.2, 0.25) is 5.91 Å². The van der Waals surface area contributed by atoms with Crippen molar-refractivity contribution in [2.75, 3.05) is 42.9 Å². The van der Waals surface area contributed by atoms with Gasteiger partial charge < -0.3 is 20.4 Å². The minimum atomic E-state index is -1.26. The molecule has 0 radical (unpaired) electrons. The predicted octanol–water partition coefficient (Wildman–Crippen LogP) is 3.52. The molecule has 188 valence electrons. The minimum Gasteiger partial charge on any atom is -0.478 e. The normalized spacial score (nSPS) is 15.5. The number of carboxylic acid groups (broad SMARTS) is 2. The van der Waals surface area contributed by atoms with Gasteiger partial charge in [-0.05, 0) is 47.3 Å². The maximum Gasteiger partial charge on any atom is 0.328 e. The highest BCUT2D eigenvalue weighted by atomic mass is 35.5. The van der Waals surface area contributed by atoms with Crippen LogP contribution in [0.25, 0.3) is 10.1 Å². The second-order valence-corrected chi connectivity index (χ2v) is 9.63. The van der Waals surface area contributed by atoms with Crippen molar-refractivity contribution in [2.24, 2.45) is 0 Å². The van der Waals surface area contributed by atoms with Crippen molar-refractivity contribution in [3.8, 4) is 0 Å². The lowest BCUT2D eigenvalue weighted by Crippen LogP contribution is -2.47. The van der Waals surface area contributed by atoms with E-state index in [1.807, 2.05) is 6.07 Å². The van der Waals surface area contributed by atoms with Crippen LogP contribution in [0.1, 0.15) is 11.1 Å². The van der Waals surface area contributed by atoms with Crippen molar-refractivity contribution in [2.45, 2.75) is 12.8 Å². The van der Waals surface area contributed by atoms with Gasteiger partial charge in [-0.25, -0.2) is 9.59 Å². The second kappa shape index (κ2) is 11.5. The quantitative estimate of drug-likeness (QED) is 0.415. The summed E-state index contributed by atoms with van der Waals surface area (Å²) in [5, 5.41) is 20.5. The third kappa shape index (κ3) is 6.39. The standard InChI is InChI=1S/C21H21ClN4OS.C4H4O4/c22-17-13-18-15(12-20(27)23-18)11-14(17)5-6-25-7-9-26(10-8-25)21-16-3-1-2-4-19(16)28-24-21;5-3(6)1-2-4(7)8/h1-4,11,13H,5-10,12H2,(H,23,27);1-2H,(H,5,6)(H,7,8)/b;2-1-. The van der Waals surface area contributed by atoms with Crippen molar-refractivity contribution in [3.63, 3.8) is 0 Å².